The summed E-state index contributed by atoms with van der Waals surface area (Å²) >= 11 is 0. The van der Waals surface area contributed by atoms with E-state index in [1.165, 1.54) is 12.8 Å². The van der Waals surface area contributed by atoms with Crippen LogP contribution in [0.1, 0.15) is 38.3 Å². The molecule has 9 heteroatoms. The van der Waals surface area contributed by atoms with Gasteiger partial charge in [-0.15, -0.1) is 0 Å². The van der Waals surface area contributed by atoms with E-state index in [4.69, 9.17) is 5.11 Å². The zero-order valence-electron chi connectivity index (χ0n) is 18.6. The van der Waals surface area contributed by atoms with Gasteiger partial charge in [0.05, 0.1) is 17.6 Å². The number of aromatic nitrogens is 2. The molecule has 0 radical (unpaired) electrons. The minimum atomic E-state index is -0.885. The highest BCUT2D eigenvalue weighted by Gasteiger charge is 2.25. The molecule has 0 unspecified atom stereocenters. The van der Waals surface area contributed by atoms with Gasteiger partial charge in [0.25, 0.3) is 5.91 Å². The second-order valence-corrected chi connectivity index (χ2v) is 7.94. The number of aliphatic imine (C=N–C) groups is 2. The summed E-state index contributed by atoms with van der Waals surface area (Å²) in [6.45, 7) is 7.47. The number of carboxylic acid groups (broad SMARTS) is 1. The molecule has 0 spiro atoms. The van der Waals surface area contributed by atoms with Gasteiger partial charge in [-0.1, -0.05) is 6.92 Å². The summed E-state index contributed by atoms with van der Waals surface area (Å²) in [5, 5.41) is 19.6. The topological polar surface area (TPSA) is 123 Å². The number of H-pyrrole nitrogens is 1. The maximum absolute atomic E-state index is 12.9. The minimum Gasteiger partial charge on any atom is -0.481 e. The molecule has 0 aliphatic heterocycles. The summed E-state index contributed by atoms with van der Waals surface area (Å²) in [6.07, 6.45) is 5.42. The van der Waals surface area contributed by atoms with Gasteiger partial charge >= 0.3 is 5.97 Å². The van der Waals surface area contributed by atoms with Gasteiger partial charge in [0, 0.05) is 43.7 Å². The first-order chi connectivity index (χ1) is 15.4. The molecule has 1 amide bonds. The summed E-state index contributed by atoms with van der Waals surface area (Å²) in [5.41, 5.74) is 2.16. The van der Waals surface area contributed by atoms with Crippen LogP contribution in [0, 0.1) is 5.92 Å². The van der Waals surface area contributed by atoms with Gasteiger partial charge in [0.15, 0.2) is 0 Å². The van der Waals surface area contributed by atoms with Crippen LogP contribution >= 0.6 is 0 Å². The van der Waals surface area contributed by atoms with Crippen molar-refractivity contribution in [2.24, 2.45) is 15.9 Å². The average molecular weight is 439 g/mol. The smallest absolute Gasteiger partial charge is 0.303 e. The molecule has 1 heterocycles. The van der Waals surface area contributed by atoms with Gasteiger partial charge in [0.2, 0.25) is 0 Å². The fraction of sp³-hybridized carbons (Fsp3) is 0.435. The Morgan fingerprint density at radius 1 is 1.41 bits per heavy atom. The van der Waals surface area contributed by atoms with Crippen LogP contribution in [0.15, 0.2) is 40.0 Å². The number of aryl methyl sites for hydroxylation is 1. The Labute approximate surface area is 187 Å². The number of amides is 1. The van der Waals surface area contributed by atoms with E-state index in [-0.39, 0.29) is 18.0 Å². The molecule has 1 aromatic carbocycles. The van der Waals surface area contributed by atoms with E-state index in [9.17, 15) is 9.59 Å². The fourth-order valence-electron chi connectivity index (χ4n) is 3.54. The van der Waals surface area contributed by atoms with E-state index < -0.39 is 5.97 Å². The largest absolute Gasteiger partial charge is 0.481 e. The molecule has 1 saturated carbocycles. The standard InChI is InChI=1S/C23H30N6O3/c1-4-11-29(14-15-5-6-15)21(25-3)13-20(24-2)23(32)26-16-7-8-18-17(12-16)19(28-27-18)9-10-22(30)31/h7-8,12-13,15H,2,4-6,9-11,14H2,1,3H3,(H,26,32)(H,27,28)(H,30,31)/b20-13-,25-21+. The Morgan fingerprint density at radius 2 is 2.19 bits per heavy atom. The van der Waals surface area contributed by atoms with Gasteiger partial charge < -0.3 is 15.3 Å². The Morgan fingerprint density at radius 3 is 2.81 bits per heavy atom. The van der Waals surface area contributed by atoms with Crippen molar-refractivity contribution < 1.29 is 14.7 Å². The lowest BCUT2D eigenvalue weighted by Gasteiger charge is -2.24. The predicted octanol–water partition coefficient (Wildman–Crippen LogP) is 3.25. The molecule has 1 aromatic heterocycles. The molecule has 170 valence electrons. The lowest BCUT2D eigenvalue weighted by atomic mass is 10.1. The van der Waals surface area contributed by atoms with E-state index in [1.54, 1.807) is 31.3 Å². The fourth-order valence-corrected chi connectivity index (χ4v) is 3.54. The van der Waals surface area contributed by atoms with Crippen molar-refractivity contribution in [3.8, 4) is 0 Å². The molecule has 2 aromatic rings. The second-order valence-electron chi connectivity index (χ2n) is 7.94. The number of aromatic amines is 1. The van der Waals surface area contributed by atoms with Crippen LogP contribution in [0.5, 0.6) is 0 Å². The lowest BCUT2D eigenvalue weighted by Crippen LogP contribution is -2.33. The number of carboxylic acids is 1. The van der Waals surface area contributed by atoms with Crippen LogP contribution in [-0.4, -0.2) is 64.8 Å². The number of nitrogens with zero attached hydrogens (tertiary/aromatic N) is 4. The summed E-state index contributed by atoms with van der Waals surface area (Å²) in [5.74, 6) is 0.138. The third kappa shape index (κ3) is 6.03. The first-order valence-electron chi connectivity index (χ1n) is 10.9. The zero-order valence-corrected chi connectivity index (χ0v) is 18.6. The number of hydrogen-bond donors (Lipinski definition) is 3. The quantitative estimate of drug-likeness (QED) is 0.282. The normalized spacial score (nSPS) is 14.4. The van der Waals surface area contributed by atoms with E-state index in [1.807, 2.05) is 0 Å². The maximum atomic E-state index is 12.9. The van der Waals surface area contributed by atoms with Gasteiger partial charge in [-0.05, 0) is 50.1 Å². The number of rotatable bonds is 11. The number of benzene rings is 1. The third-order valence-electron chi connectivity index (χ3n) is 5.37. The summed E-state index contributed by atoms with van der Waals surface area (Å²) in [7, 11) is 1.71. The van der Waals surface area contributed by atoms with Crippen LogP contribution in [0.4, 0.5) is 5.69 Å². The van der Waals surface area contributed by atoms with E-state index in [2.05, 4.69) is 44.0 Å². The zero-order chi connectivity index (χ0) is 23.1. The molecule has 3 N–H and O–H groups in total. The van der Waals surface area contributed by atoms with Gasteiger partial charge in [-0.3, -0.25) is 24.7 Å². The maximum Gasteiger partial charge on any atom is 0.303 e. The number of carbonyl (C=O) groups excluding carboxylic acids is 1. The van der Waals surface area contributed by atoms with Crippen molar-refractivity contribution >= 4 is 41.0 Å². The van der Waals surface area contributed by atoms with Crippen molar-refractivity contribution in [1.82, 2.24) is 15.1 Å². The van der Waals surface area contributed by atoms with E-state index >= 15 is 0 Å². The molecule has 0 saturated heterocycles. The monoisotopic (exact) mass is 438 g/mol. The average Bonchev–Trinajstić information content (AvgIpc) is 3.50. The molecule has 32 heavy (non-hydrogen) atoms. The van der Waals surface area contributed by atoms with Crippen LogP contribution in [-0.2, 0) is 16.0 Å². The second kappa shape index (κ2) is 10.7. The van der Waals surface area contributed by atoms with Crippen molar-refractivity contribution in [1.29, 1.82) is 0 Å². The highest BCUT2D eigenvalue weighted by atomic mass is 16.4. The van der Waals surface area contributed by atoms with E-state index in [0.29, 0.717) is 23.7 Å². The highest BCUT2D eigenvalue weighted by molar-refractivity contribution is 6.09. The minimum absolute atomic E-state index is 0.0158. The highest BCUT2D eigenvalue weighted by Crippen LogP contribution is 2.30. The molecule has 1 fully saturated rings. The number of carbonyl (C=O) groups is 2. The SMILES string of the molecule is C=N/C(=C\C(=N/C)N(CCC)CC1CC1)C(=O)Nc1ccc2[nH]nc(CCC(=O)O)c2c1. The van der Waals surface area contributed by atoms with Crippen molar-refractivity contribution in [3.05, 3.63) is 35.7 Å². The predicted molar refractivity (Wildman–Crippen MR) is 126 cm³/mol. The molecule has 3 rings (SSSR count). The molecule has 1 aliphatic rings. The molecular formula is C23H30N6O3. The Bertz CT molecular complexity index is 1050. The Balaban J connectivity index is 1.77. The molecule has 0 bridgehead atoms. The van der Waals surface area contributed by atoms with Crippen LogP contribution in [0.2, 0.25) is 0 Å². The van der Waals surface area contributed by atoms with Crippen molar-refractivity contribution in [2.75, 3.05) is 25.5 Å². The molecule has 1 aliphatic carbocycles. The van der Waals surface area contributed by atoms with Crippen molar-refractivity contribution in [3.63, 3.8) is 0 Å². The number of anilines is 1. The molecular weight excluding hydrogens is 408 g/mol. The number of fused-ring (bicyclic) bond motifs is 1. The third-order valence-corrected chi connectivity index (χ3v) is 5.37. The first-order valence-corrected chi connectivity index (χ1v) is 10.9. The number of nitrogens with one attached hydrogen (secondary N) is 2. The van der Waals surface area contributed by atoms with Gasteiger partial charge in [-0.2, -0.15) is 5.10 Å². The van der Waals surface area contributed by atoms with Gasteiger partial charge in [-0.25, -0.2) is 0 Å². The molecule has 0 atom stereocenters. The Hall–Kier alpha value is -3.49. The summed E-state index contributed by atoms with van der Waals surface area (Å²) in [4.78, 5) is 34.3. The number of aliphatic carboxylic acids is 1. The van der Waals surface area contributed by atoms with Crippen LogP contribution < -0.4 is 5.32 Å². The van der Waals surface area contributed by atoms with Gasteiger partial charge in [0.1, 0.15) is 11.5 Å². The number of hydrogen-bond acceptors (Lipinski definition) is 5. The first kappa shape index (κ1) is 23.2. The Kier molecular flexibility index (Phi) is 7.75. The van der Waals surface area contributed by atoms with Crippen LogP contribution in [0.25, 0.3) is 10.9 Å². The van der Waals surface area contributed by atoms with E-state index in [0.717, 1.165) is 36.2 Å². The summed E-state index contributed by atoms with van der Waals surface area (Å²) < 4.78 is 0. The van der Waals surface area contributed by atoms with Crippen molar-refractivity contribution in [2.45, 2.75) is 39.0 Å². The molecule has 9 nitrogen and oxygen atoms in total. The van der Waals surface area contributed by atoms with Crippen LogP contribution in [0.3, 0.4) is 0 Å². The number of amidine groups is 1. The summed E-state index contributed by atoms with van der Waals surface area (Å²) in [6, 6.07) is 5.33. The lowest BCUT2D eigenvalue weighted by molar-refractivity contribution is -0.137.